The van der Waals surface area contributed by atoms with Gasteiger partial charge in [0.25, 0.3) is 5.22 Å². The van der Waals surface area contributed by atoms with E-state index in [9.17, 15) is 0 Å². The minimum absolute atomic E-state index is 0. The molecule has 4 rings (SSSR count). The molecule has 0 N–H and O–H groups in total. The second kappa shape index (κ2) is 8.70. The van der Waals surface area contributed by atoms with Crippen molar-refractivity contribution in [3.8, 4) is 22.6 Å². The summed E-state index contributed by atoms with van der Waals surface area (Å²) in [4.78, 5) is 8.90. The third-order valence-corrected chi connectivity index (χ3v) is 4.68. The molecule has 0 amide bonds. The van der Waals surface area contributed by atoms with Crippen molar-refractivity contribution >= 4 is 24.2 Å². The van der Waals surface area contributed by atoms with E-state index in [2.05, 4.69) is 23.2 Å². The number of halogens is 1. The van der Waals surface area contributed by atoms with Crippen molar-refractivity contribution in [3.63, 3.8) is 0 Å². The van der Waals surface area contributed by atoms with Crippen LogP contribution in [0.1, 0.15) is 5.56 Å². The largest absolute Gasteiger partial charge is 0.431 e. The monoisotopic (exact) mass is 380 g/mol. The van der Waals surface area contributed by atoms with Crippen LogP contribution >= 0.6 is 24.2 Å². The van der Waals surface area contributed by atoms with Crippen LogP contribution in [0.15, 0.2) is 94.8 Å². The van der Waals surface area contributed by atoms with Gasteiger partial charge in [-0.15, -0.1) is 12.4 Å². The van der Waals surface area contributed by atoms with Gasteiger partial charge in [0.05, 0.1) is 0 Å². The van der Waals surface area contributed by atoms with Crippen LogP contribution < -0.4 is 0 Å². The molecule has 0 unspecified atom stereocenters. The van der Waals surface area contributed by atoms with Crippen LogP contribution in [0.25, 0.3) is 22.6 Å². The fraction of sp³-hybridized carbons (Fsp3) is 0.0476. The number of rotatable bonds is 5. The summed E-state index contributed by atoms with van der Waals surface area (Å²) in [5.41, 5.74) is 4.11. The molecule has 0 saturated carbocycles. The van der Waals surface area contributed by atoms with E-state index in [1.807, 2.05) is 60.8 Å². The number of oxazole rings is 1. The first-order chi connectivity index (χ1) is 12.4. The quantitative estimate of drug-likeness (QED) is 0.391. The van der Waals surface area contributed by atoms with Gasteiger partial charge in [-0.2, -0.15) is 0 Å². The molecule has 130 valence electrons. The predicted octanol–water partition coefficient (Wildman–Crippen LogP) is 6.12. The van der Waals surface area contributed by atoms with E-state index in [0.717, 1.165) is 33.9 Å². The summed E-state index contributed by atoms with van der Waals surface area (Å²) in [5.74, 6) is 1.58. The number of thioether (sulfide) groups is 1. The SMILES string of the molecule is Cl.c1ccc(-c2nc(SCc3cccnc3)oc2-c2ccccc2)cc1. The maximum Gasteiger partial charge on any atom is 0.257 e. The normalized spacial score (nSPS) is 10.3. The van der Waals surface area contributed by atoms with Crippen molar-refractivity contribution in [2.24, 2.45) is 0 Å². The highest BCUT2D eigenvalue weighted by atomic mass is 35.5. The number of pyridine rings is 1. The molecule has 5 heteroatoms. The summed E-state index contributed by atoms with van der Waals surface area (Å²) in [7, 11) is 0. The van der Waals surface area contributed by atoms with Crippen LogP contribution in [-0.4, -0.2) is 9.97 Å². The molecule has 2 aromatic carbocycles. The highest BCUT2D eigenvalue weighted by molar-refractivity contribution is 7.98. The predicted molar refractivity (Wildman–Crippen MR) is 108 cm³/mol. The fourth-order valence-electron chi connectivity index (χ4n) is 2.57. The van der Waals surface area contributed by atoms with Crippen LogP contribution in [0, 0.1) is 0 Å². The maximum atomic E-state index is 6.11. The second-order valence-electron chi connectivity index (χ2n) is 5.54. The molecular formula is C21H17ClN2OS. The first-order valence-corrected chi connectivity index (χ1v) is 9.02. The third-order valence-electron chi connectivity index (χ3n) is 3.78. The molecule has 0 aliphatic rings. The lowest BCUT2D eigenvalue weighted by Crippen LogP contribution is -1.83. The summed E-state index contributed by atoms with van der Waals surface area (Å²) in [6.45, 7) is 0. The Morgan fingerprint density at radius 3 is 2.15 bits per heavy atom. The zero-order valence-corrected chi connectivity index (χ0v) is 15.5. The molecule has 0 radical (unpaired) electrons. The Hall–Kier alpha value is -2.56. The Kier molecular flexibility index (Phi) is 6.10. The molecule has 0 saturated heterocycles. The van der Waals surface area contributed by atoms with Crippen molar-refractivity contribution < 1.29 is 4.42 Å². The Morgan fingerprint density at radius 2 is 1.50 bits per heavy atom. The van der Waals surface area contributed by atoms with E-state index >= 15 is 0 Å². The molecule has 2 heterocycles. The van der Waals surface area contributed by atoms with Crippen molar-refractivity contribution in [1.29, 1.82) is 0 Å². The molecule has 0 spiro atoms. The zero-order chi connectivity index (χ0) is 16.9. The van der Waals surface area contributed by atoms with Crippen LogP contribution in [0.4, 0.5) is 0 Å². The van der Waals surface area contributed by atoms with Gasteiger partial charge < -0.3 is 4.42 Å². The van der Waals surface area contributed by atoms with E-state index in [-0.39, 0.29) is 12.4 Å². The molecule has 2 aromatic heterocycles. The lowest BCUT2D eigenvalue weighted by molar-refractivity contribution is 0.466. The van der Waals surface area contributed by atoms with Gasteiger partial charge in [-0.3, -0.25) is 4.98 Å². The van der Waals surface area contributed by atoms with E-state index in [1.54, 1.807) is 18.0 Å². The van der Waals surface area contributed by atoms with Gasteiger partial charge in [0.1, 0.15) is 5.69 Å². The van der Waals surface area contributed by atoms with Gasteiger partial charge in [-0.1, -0.05) is 78.5 Å². The number of hydrogen-bond donors (Lipinski definition) is 0. The number of benzene rings is 2. The highest BCUT2D eigenvalue weighted by Crippen LogP contribution is 2.36. The summed E-state index contributed by atoms with van der Waals surface area (Å²) in [6, 6.07) is 24.2. The van der Waals surface area contributed by atoms with Crippen molar-refractivity contribution in [2.75, 3.05) is 0 Å². The van der Waals surface area contributed by atoms with E-state index in [1.165, 1.54) is 0 Å². The topological polar surface area (TPSA) is 38.9 Å². The molecule has 0 aliphatic carbocycles. The second-order valence-corrected chi connectivity index (χ2v) is 6.47. The lowest BCUT2D eigenvalue weighted by Gasteiger charge is -2.00. The summed E-state index contributed by atoms with van der Waals surface area (Å²) >= 11 is 1.58. The van der Waals surface area contributed by atoms with Crippen LogP contribution in [0.3, 0.4) is 0 Å². The van der Waals surface area contributed by atoms with Crippen molar-refractivity contribution in [2.45, 2.75) is 11.0 Å². The standard InChI is InChI=1S/C21H16N2OS.ClH/c1-3-9-17(10-4-1)19-20(18-11-5-2-6-12-18)24-21(23-19)25-15-16-8-7-13-22-14-16;/h1-14H,15H2;1H. The van der Waals surface area contributed by atoms with Gasteiger partial charge in [0, 0.05) is 29.3 Å². The Labute approximate surface area is 162 Å². The minimum Gasteiger partial charge on any atom is -0.431 e. The van der Waals surface area contributed by atoms with Crippen LogP contribution in [-0.2, 0) is 5.75 Å². The van der Waals surface area contributed by atoms with Crippen LogP contribution in [0.5, 0.6) is 0 Å². The zero-order valence-electron chi connectivity index (χ0n) is 13.9. The number of nitrogens with zero attached hydrogens (tertiary/aromatic N) is 2. The number of hydrogen-bond acceptors (Lipinski definition) is 4. The van der Waals surface area contributed by atoms with Gasteiger partial charge in [0.15, 0.2) is 5.76 Å². The average Bonchev–Trinajstić information content (AvgIpc) is 3.13. The Morgan fingerprint density at radius 1 is 0.808 bits per heavy atom. The first-order valence-electron chi connectivity index (χ1n) is 8.03. The molecule has 0 fully saturated rings. The molecule has 0 atom stereocenters. The van der Waals surface area contributed by atoms with Crippen molar-refractivity contribution in [3.05, 3.63) is 90.8 Å². The van der Waals surface area contributed by atoms with Crippen molar-refractivity contribution in [1.82, 2.24) is 9.97 Å². The average molecular weight is 381 g/mol. The van der Waals surface area contributed by atoms with E-state index in [0.29, 0.717) is 5.22 Å². The highest BCUT2D eigenvalue weighted by Gasteiger charge is 2.17. The Balaban J connectivity index is 0.00000196. The first kappa shape index (κ1) is 18.2. The molecule has 3 nitrogen and oxygen atoms in total. The molecule has 4 aromatic rings. The van der Waals surface area contributed by atoms with Gasteiger partial charge in [-0.05, 0) is 11.6 Å². The molecule has 26 heavy (non-hydrogen) atoms. The van der Waals surface area contributed by atoms with Gasteiger partial charge in [0.2, 0.25) is 0 Å². The maximum absolute atomic E-state index is 6.11. The lowest BCUT2D eigenvalue weighted by atomic mass is 10.1. The summed E-state index contributed by atoms with van der Waals surface area (Å²) in [5, 5.41) is 0.668. The molecular weight excluding hydrogens is 364 g/mol. The smallest absolute Gasteiger partial charge is 0.257 e. The summed E-state index contributed by atoms with van der Waals surface area (Å²) in [6.07, 6.45) is 3.65. The summed E-state index contributed by atoms with van der Waals surface area (Å²) < 4.78 is 6.11. The van der Waals surface area contributed by atoms with E-state index < -0.39 is 0 Å². The minimum atomic E-state index is 0. The Bertz CT molecular complexity index is 887. The van der Waals surface area contributed by atoms with E-state index in [4.69, 9.17) is 9.40 Å². The third kappa shape index (κ3) is 4.15. The van der Waals surface area contributed by atoms with Gasteiger partial charge >= 0.3 is 0 Å². The fourth-order valence-corrected chi connectivity index (χ4v) is 3.33. The molecule has 0 bridgehead atoms. The van der Waals surface area contributed by atoms with Crippen LogP contribution in [0.2, 0.25) is 0 Å². The number of aromatic nitrogens is 2. The molecule has 0 aliphatic heterocycles. The van der Waals surface area contributed by atoms with Gasteiger partial charge in [-0.25, -0.2) is 4.98 Å².